The molecule has 2 aliphatic heterocycles. The molecule has 2 bridgehead atoms. The van der Waals surface area contributed by atoms with Gasteiger partial charge in [0, 0.05) is 43.2 Å². The first-order valence-corrected chi connectivity index (χ1v) is 29.2. The second-order valence-electron chi connectivity index (χ2n) is 24.3. The Hall–Kier alpha value is -5.79. The third kappa shape index (κ3) is 13.2. The minimum Gasteiger partial charge on any atom is -0.508 e. The van der Waals surface area contributed by atoms with Gasteiger partial charge < -0.3 is 58.3 Å². The molecule has 0 aromatic heterocycles. The van der Waals surface area contributed by atoms with Crippen molar-refractivity contribution in [3.8, 4) is 5.75 Å². The topological polar surface area (TPSA) is 302 Å². The molecule has 8 rings (SSSR count). The summed E-state index contributed by atoms with van der Waals surface area (Å²) < 4.78 is 0. The molecule has 0 radical (unpaired) electrons. The number of carbonyl (C=O) groups is 2. The smallest absolute Gasteiger partial charge is 0.243 e. The van der Waals surface area contributed by atoms with Crippen LogP contribution in [-0.4, -0.2) is 109 Å². The van der Waals surface area contributed by atoms with Crippen LogP contribution in [0.4, 0.5) is 0 Å². The van der Waals surface area contributed by atoms with Crippen LogP contribution in [0, 0.1) is 29.1 Å². The van der Waals surface area contributed by atoms with Crippen molar-refractivity contribution in [2.75, 3.05) is 19.6 Å². The molecule has 3 aliphatic carbocycles. The average molecular weight is 1110 g/mol. The fourth-order valence-corrected chi connectivity index (χ4v) is 14.6. The first-order chi connectivity index (χ1) is 38.5. The molecule has 0 saturated heterocycles. The van der Waals surface area contributed by atoms with Crippen molar-refractivity contribution in [2.24, 2.45) is 51.3 Å². The summed E-state index contributed by atoms with van der Waals surface area (Å²) in [5, 5.41) is 94.5. The van der Waals surface area contributed by atoms with E-state index in [4.69, 9.17) is 17.2 Å². The monoisotopic (exact) mass is 1110 g/mol. The highest BCUT2D eigenvalue weighted by Crippen LogP contribution is 2.66. The molecule has 1 spiro atoms. The highest BCUT2D eigenvalue weighted by Gasteiger charge is 2.67. The molecular weight excluding hydrogens is 1020 g/mol. The number of aromatic hydroxyl groups is 1. The summed E-state index contributed by atoms with van der Waals surface area (Å²) in [6.45, 7) is 14.2. The lowest BCUT2D eigenvalue weighted by Crippen LogP contribution is -2.59. The molecule has 5 aliphatic rings. The summed E-state index contributed by atoms with van der Waals surface area (Å²) in [5.41, 5.74) is 22.1. The summed E-state index contributed by atoms with van der Waals surface area (Å²) in [6, 6.07) is 19.0. The van der Waals surface area contributed by atoms with Crippen molar-refractivity contribution in [1.29, 1.82) is 0 Å². The van der Waals surface area contributed by atoms with Gasteiger partial charge in [0.2, 0.25) is 5.91 Å². The van der Waals surface area contributed by atoms with E-state index in [0.717, 1.165) is 27.8 Å². The number of nitrogens with one attached hydrogen (secondary N) is 3. The molecule has 16 nitrogen and oxygen atoms in total. The fraction of sp³-hybridized carbons (Fsp3) is 0.523. The fourth-order valence-electron chi connectivity index (χ4n) is 14.6. The number of likely N-dealkylation sites (N-methyl/N-ethyl adjacent to an activating group) is 1. The number of rotatable bonds is 11. The number of amides is 1. The number of Topliss-reactive ketones (excluding diaryl/α,β-unsaturated/α-hetero) is 1. The predicted octanol–water partition coefficient (Wildman–Crippen LogP) is 5.89. The zero-order valence-electron chi connectivity index (χ0n) is 48.0. The Balaban J connectivity index is 1.22. The number of phenolic OH excluding ortho intramolecular Hbond substituents is 1. The number of guanidine groups is 1. The Morgan fingerprint density at radius 1 is 0.988 bits per heavy atom. The summed E-state index contributed by atoms with van der Waals surface area (Å²) >= 11 is 0. The van der Waals surface area contributed by atoms with E-state index in [1.165, 1.54) is 0 Å². The first-order valence-electron chi connectivity index (χ1n) is 29.2. The Morgan fingerprint density at radius 2 is 1.70 bits per heavy atom. The molecule has 3 saturated carbocycles. The molecular formula is C65H89N7O9. The van der Waals surface area contributed by atoms with Gasteiger partial charge in [0.1, 0.15) is 23.7 Å². The lowest BCUT2D eigenvalue weighted by molar-refractivity contribution is -0.169. The highest BCUT2D eigenvalue weighted by molar-refractivity contribution is 5.98. The molecule has 438 valence electrons. The van der Waals surface area contributed by atoms with E-state index in [2.05, 4.69) is 27.5 Å². The molecule has 81 heavy (non-hydrogen) atoms. The third-order valence-corrected chi connectivity index (χ3v) is 18.8. The molecule has 3 fully saturated rings. The number of hydrogen-bond donors (Lipinski definition) is 13. The predicted molar refractivity (Wildman–Crippen MR) is 316 cm³/mol. The third-order valence-electron chi connectivity index (χ3n) is 18.8. The van der Waals surface area contributed by atoms with E-state index in [1.807, 2.05) is 82.3 Å². The van der Waals surface area contributed by atoms with Crippen LogP contribution in [0.1, 0.15) is 144 Å². The normalized spacial score (nSPS) is 32.8. The highest BCUT2D eigenvalue weighted by atomic mass is 16.3. The number of carbonyl (C=O) groups excluding carboxylic acids is 2. The average Bonchev–Trinajstić information content (AvgIpc) is 3.49. The van der Waals surface area contributed by atoms with Gasteiger partial charge in [0.05, 0.1) is 30.0 Å². The van der Waals surface area contributed by atoms with Gasteiger partial charge in [-0.1, -0.05) is 110 Å². The van der Waals surface area contributed by atoms with Gasteiger partial charge in [-0.25, -0.2) is 0 Å². The number of aliphatic hydroxyl groups excluding tert-OH is 4. The number of ketones is 1. The Bertz CT molecular complexity index is 2920. The molecule has 1 amide bonds. The molecule has 3 aromatic carbocycles. The number of aliphatic hydroxyl groups is 6. The van der Waals surface area contributed by atoms with E-state index in [1.54, 1.807) is 43.3 Å². The van der Waals surface area contributed by atoms with E-state index in [0.29, 0.717) is 91.3 Å². The van der Waals surface area contributed by atoms with Gasteiger partial charge in [0.25, 0.3) is 0 Å². The molecule has 3 aromatic rings. The van der Waals surface area contributed by atoms with Crippen LogP contribution in [0.2, 0.25) is 0 Å². The number of nitrogens with zero attached hydrogens (tertiary/aromatic N) is 1. The van der Waals surface area contributed by atoms with Crippen LogP contribution in [-0.2, 0) is 28.9 Å². The van der Waals surface area contributed by atoms with Crippen molar-refractivity contribution >= 4 is 17.6 Å². The lowest BCUT2D eigenvalue weighted by Gasteiger charge is -2.56. The number of hydrogen-bond acceptors (Lipinski definition) is 13. The van der Waals surface area contributed by atoms with Gasteiger partial charge in [-0.2, -0.15) is 0 Å². The van der Waals surface area contributed by atoms with Crippen molar-refractivity contribution in [3.05, 3.63) is 159 Å². The molecule has 14 atom stereocenters. The maximum absolute atomic E-state index is 15.2. The van der Waals surface area contributed by atoms with E-state index in [9.17, 15) is 40.5 Å². The minimum absolute atomic E-state index is 0.0668. The minimum atomic E-state index is -1.43. The van der Waals surface area contributed by atoms with E-state index < -0.39 is 82.9 Å². The molecule has 0 unspecified atom stereocenters. The van der Waals surface area contributed by atoms with E-state index in [-0.39, 0.29) is 62.2 Å². The zero-order valence-corrected chi connectivity index (χ0v) is 48.0. The molecule has 16 N–H and O–H groups in total. The number of nitrogens with two attached hydrogens (primary N) is 3. The standard InChI is InChI=1S/C65H89N7O9/c1-7-71-65(81,29-26-37(2)3)38(4)12-8-17-48-53(75)19-11-16-44-34-64(59(78)57(44)48)52-25-24-46(74)31-40-13-9-14-41(30-40)32-50(51(35-70-62(67)68)42-20-22-45(73)23-21-42)55(77)36-69-58-56-43(15-10-18-49(56)60(66)72-61(58)79)33-54(76)39(5)47(52)27-28-63(64,6)80/h8-10,12-15,17-18,20-23,26,30,44,46,50-53,55,57-60,69,71,73-75,77-78,80-81H,4,7,11,16,19,24-25,27-29,31-36,66H2,1-3,5-6H3,(H,72,79)(H4,67,68,70)/b12-8+,47-39+,48-17-/t44-,46-,50+,51+,52+,53+,55+,57+,58-,59+,60+,63+,64+,65+/m0/s1. The maximum Gasteiger partial charge on any atom is 0.243 e. The van der Waals surface area contributed by atoms with Crippen molar-refractivity contribution in [3.63, 3.8) is 0 Å². The van der Waals surface area contributed by atoms with Crippen LogP contribution < -0.4 is 33.2 Å². The van der Waals surface area contributed by atoms with E-state index >= 15 is 4.79 Å². The van der Waals surface area contributed by atoms with Gasteiger partial charge in [-0.3, -0.25) is 25.2 Å². The van der Waals surface area contributed by atoms with Crippen LogP contribution in [0.15, 0.2) is 130 Å². The largest absolute Gasteiger partial charge is 0.508 e. The molecule has 2 heterocycles. The number of allylic oxidation sites excluding steroid dienone is 5. The van der Waals surface area contributed by atoms with Crippen LogP contribution >= 0.6 is 0 Å². The van der Waals surface area contributed by atoms with Crippen LogP contribution in [0.5, 0.6) is 5.75 Å². The Morgan fingerprint density at radius 3 is 2.41 bits per heavy atom. The second-order valence-corrected chi connectivity index (χ2v) is 24.3. The Kier molecular flexibility index (Phi) is 19.5. The number of fused-ring (bicyclic) bond motifs is 5. The number of benzene rings is 3. The van der Waals surface area contributed by atoms with Crippen molar-refractivity contribution in [1.82, 2.24) is 16.0 Å². The lowest BCUT2D eigenvalue weighted by atomic mass is 9.52. The second kappa shape index (κ2) is 25.8. The zero-order chi connectivity index (χ0) is 58.6. The van der Waals surface area contributed by atoms with Crippen molar-refractivity contribution < 1.29 is 45.3 Å². The number of phenols is 1. The molecule has 16 heteroatoms. The van der Waals surface area contributed by atoms with Gasteiger partial charge in [-0.15, -0.1) is 0 Å². The van der Waals surface area contributed by atoms with Gasteiger partial charge >= 0.3 is 0 Å². The Labute approximate surface area is 478 Å². The number of β-amino-alcohol motifs (C(OH)–C–C–N with tert-alkyl or cyclic N) is 1. The van der Waals surface area contributed by atoms with Crippen LogP contribution in [0.3, 0.4) is 0 Å². The SMILES string of the molecule is C=C(/C=C/C=C1\[C@H]2[C@@H](CCC[C@H]1O)C[C@@]1([C@@H]3CC[C@H](O)Cc4cccc(c4)C[C@H]([C@H](CN=C(N)N)c4ccc(O)cc4)[C@H](O)CN[C@@H]4C(=O)N[C@@H](N)c5cccc(c54)CC(=O)/C(C)=C/3CC[C@@]1(C)O)[C@@H]2O)[C@](O)(CC=C(C)C)NCC. The summed E-state index contributed by atoms with van der Waals surface area (Å²) in [6.07, 6.45) is 6.75. The quantitative estimate of drug-likeness (QED) is 0.0350. The maximum atomic E-state index is 15.2. The summed E-state index contributed by atoms with van der Waals surface area (Å²) in [4.78, 5) is 33.9. The van der Waals surface area contributed by atoms with Gasteiger partial charge in [0.15, 0.2) is 11.7 Å². The summed E-state index contributed by atoms with van der Waals surface area (Å²) in [5.74, 6) is -3.00. The summed E-state index contributed by atoms with van der Waals surface area (Å²) in [7, 11) is 0. The van der Waals surface area contributed by atoms with Gasteiger partial charge in [-0.05, 0) is 172 Å². The van der Waals surface area contributed by atoms with Crippen LogP contribution in [0.25, 0.3) is 0 Å². The first kappa shape index (κ1) is 61.3. The van der Waals surface area contributed by atoms with Crippen molar-refractivity contribution in [2.45, 2.75) is 166 Å². The number of aliphatic imine (C=N–C) groups is 1.